The zero-order valence-corrected chi connectivity index (χ0v) is 24.2. The van der Waals surface area contributed by atoms with E-state index in [0.29, 0.717) is 48.1 Å². The number of benzene rings is 1. The smallest absolute Gasteiger partial charge is 0.419 e. The summed E-state index contributed by atoms with van der Waals surface area (Å²) in [6.07, 6.45) is 4.77. The van der Waals surface area contributed by atoms with Gasteiger partial charge in [-0.1, -0.05) is 6.07 Å². The van der Waals surface area contributed by atoms with Gasteiger partial charge in [-0.25, -0.2) is 22.8 Å². The van der Waals surface area contributed by atoms with Gasteiger partial charge in [-0.2, -0.15) is 5.10 Å². The van der Waals surface area contributed by atoms with Crippen molar-refractivity contribution in [3.63, 3.8) is 0 Å². The van der Waals surface area contributed by atoms with E-state index in [1.807, 2.05) is 58.3 Å². The van der Waals surface area contributed by atoms with Crippen LogP contribution in [0.1, 0.15) is 26.3 Å². The van der Waals surface area contributed by atoms with Crippen LogP contribution in [0.2, 0.25) is 0 Å². The molecule has 0 radical (unpaired) electrons. The molecule has 1 aliphatic rings. The Kier molecular flexibility index (Phi) is 7.32. The van der Waals surface area contributed by atoms with Crippen molar-refractivity contribution >= 4 is 38.3 Å². The van der Waals surface area contributed by atoms with E-state index < -0.39 is 21.5 Å². The normalized spacial score (nSPS) is 15.7. The van der Waals surface area contributed by atoms with Crippen LogP contribution >= 0.6 is 0 Å². The van der Waals surface area contributed by atoms with Crippen LogP contribution in [-0.4, -0.2) is 76.0 Å². The Balaban J connectivity index is 1.44. The number of aromatic nitrogens is 4. The van der Waals surface area contributed by atoms with Gasteiger partial charge in [-0.05, 0) is 44.5 Å². The molecule has 0 spiro atoms. The summed E-state index contributed by atoms with van der Waals surface area (Å²) in [5.74, 6) is 1.53. The van der Waals surface area contributed by atoms with Gasteiger partial charge in [0.25, 0.3) is 0 Å². The highest BCUT2D eigenvalue weighted by atomic mass is 32.2. The van der Waals surface area contributed by atoms with Crippen LogP contribution in [-0.2, 0) is 28.2 Å². The predicted octanol–water partition coefficient (Wildman–Crippen LogP) is 4.20. The minimum atomic E-state index is -2.93. The SMILES string of the molecule is COc1cc(CN2CCS(=O)(=O)CC2)ccc1Nc1cc2c(cn1)cc(-c1cnn(C)c1)n2C(=O)OC(C)(C)C. The van der Waals surface area contributed by atoms with Crippen molar-refractivity contribution in [2.75, 3.05) is 37.0 Å². The van der Waals surface area contributed by atoms with Gasteiger partial charge >= 0.3 is 6.09 Å². The molecule has 5 rings (SSSR count). The summed E-state index contributed by atoms with van der Waals surface area (Å²) in [5.41, 5.74) is 3.13. The first-order valence-corrected chi connectivity index (χ1v) is 14.8. The molecule has 11 nitrogen and oxygen atoms in total. The van der Waals surface area contributed by atoms with Crippen LogP contribution in [0, 0.1) is 0 Å². The predicted molar refractivity (Wildman–Crippen MR) is 154 cm³/mol. The van der Waals surface area contributed by atoms with Crippen molar-refractivity contribution < 1.29 is 22.7 Å². The second kappa shape index (κ2) is 10.6. The Hall–Kier alpha value is -3.90. The molecule has 0 saturated carbocycles. The lowest BCUT2D eigenvalue weighted by Crippen LogP contribution is -2.39. The number of carbonyl (C=O) groups is 1. The van der Waals surface area contributed by atoms with E-state index in [9.17, 15) is 13.2 Å². The third kappa shape index (κ3) is 6.13. The molecule has 1 saturated heterocycles. The molecule has 1 aliphatic heterocycles. The second-order valence-electron chi connectivity index (χ2n) is 11.0. The summed E-state index contributed by atoms with van der Waals surface area (Å²) in [6, 6.07) is 9.54. The van der Waals surface area contributed by atoms with Crippen LogP contribution in [0.3, 0.4) is 0 Å². The number of pyridine rings is 1. The minimum Gasteiger partial charge on any atom is -0.495 e. The summed E-state index contributed by atoms with van der Waals surface area (Å²) in [4.78, 5) is 20.1. The number of methoxy groups -OCH3 is 1. The van der Waals surface area contributed by atoms with E-state index in [4.69, 9.17) is 9.47 Å². The van der Waals surface area contributed by atoms with E-state index in [-0.39, 0.29) is 11.5 Å². The topological polar surface area (TPSA) is 121 Å². The van der Waals surface area contributed by atoms with E-state index in [1.165, 1.54) is 0 Å². The number of fused-ring (bicyclic) bond motifs is 1. The average Bonchev–Trinajstić information content (AvgIpc) is 3.48. The first-order valence-electron chi connectivity index (χ1n) is 13.0. The lowest BCUT2D eigenvalue weighted by Gasteiger charge is -2.26. The lowest BCUT2D eigenvalue weighted by molar-refractivity contribution is 0.0547. The van der Waals surface area contributed by atoms with Crippen LogP contribution in [0.4, 0.5) is 16.3 Å². The first-order chi connectivity index (χ1) is 18.9. The monoisotopic (exact) mass is 566 g/mol. The second-order valence-corrected chi connectivity index (χ2v) is 13.3. The lowest BCUT2D eigenvalue weighted by atomic mass is 10.1. The van der Waals surface area contributed by atoms with Gasteiger partial charge in [-0.3, -0.25) is 9.58 Å². The Bertz CT molecular complexity index is 1650. The molecule has 212 valence electrons. The van der Waals surface area contributed by atoms with E-state index >= 15 is 0 Å². The first kappa shape index (κ1) is 27.7. The summed E-state index contributed by atoms with van der Waals surface area (Å²) >= 11 is 0. The quantitative estimate of drug-likeness (QED) is 0.366. The molecule has 3 aromatic heterocycles. The largest absolute Gasteiger partial charge is 0.495 e. The number of nitrogens with zero attached hydrogens (tertiary/aromatic N) is 5. The number of hydrogen-bond donors (Lipinski definition) is 1. The fourth-order valence-electron chi connectivity index (χ4n) is 4.68. The highest BCUT2D eigenvalue weighted by molar-refractivity contribution is 7.91. The van der Waals surface area contributed by atoms with Crippen LogP contribution in [0.25, 0.3) is 22.2 Å². The standard InChI is InChI=1S/C28H34N6O5S/c1-28(2,3)39-27(35)34-23(21-16-30-32(4)18-21)13-20-15-29-26(14-24(20)34)31-22-7-6-19(12-25(22)38-5)17-33-8-10-40(36,37)11-9-33/h6-7,12-16,18H,8-11,17H2,1-5H3,(H,29,31). The van der Waals surface area contributed by atoms with Gasteiger partial charge in [0.2, 0.25) is 0 Å². The minimum absolute atomic E-state index is 0.186. The molecule has 1 N–H and O–H groups in total. The van der Waals surface area contributed by atoms with Crippen molar-refractivity contribution in [2.24, 2.45) is 7.05 Å². The number of carbonyl (C=O) groups excluding carboxylic acids is 1. The van der Waals surface area contributed by atoms with Gasteiger partial charge in [0.1, 0.15) is 17.2 Å². The van der Waals surface area contributed by atoms with Gasteiger partial charge in [0.05, 0.1) is 41.7 Å². The van der Waals surface area contributed by atoms with E-state index in [2.05, 4.69) is 20.3 Å². The molecule has 0 aliphatic carbocycles. The maximum atomic E-state index is 13.4. The van der Waals surface area contributed by atoms with Crippen molar-refractivity contribution in [1.82, 2.24) is 24.2 Å². The van der Waals surface area contributed by atoms with E-state index in [1.54, 1.807) is 34.8 Å². The fourth-order valence-corrected chi connectivity index (χ4v) is 5.96. The molecule has 12 heteroatoms. The van der Waals surface area contributed by atoms with Crippen LogP contribution in [0.5, 0.6) is 5.75 Å². The number of nitrogens with one attached hydrogen (secondary N) is 1. The van der Waals surface area contributed by atoms with Crippen molar-refractivity contribution in [1.29, 1.82) is 0 Å². The Morgan fingerprint density at radius 3 is 2.50 bits per heavy atom. The summed E-state index contributed by atoms with van der Waals surface area (Å²) in [7, 11) is 0.495. The Morgan fingerprint density at radius 1 is 1.10 bits per heavy atom. The zero-order valence-electron chi connectivity index (χ0n) is 23.3. The Labute approximate surface area is 233 Å². The summed E-state index contributed by atoms with van der Waals surface area (Å²) < 4.78 is 38.1. The Morgan fingerprint density at radius 2 is 1.85 bits per heavy atom. The van der Waals surface area contributed by atoms with Crippen molar-refractivity contribution in [3.05, 3.63) is 54.5 Å². The molecular weight excluding hydrogens is 532 g/mol. The maximum absolute atomic E-state index is 13.4. The van der Waals surface area contributed by atoms with Gasteiger partial charge in [0, 0.05) is 56.1 Å². The molecule has 4 heterocycles. The third-order valence-electron chi connectivity index (χ3n) is 6.63. The number of rotatable bonds is 6. The summed E-state index contributed by atoms with van der Waals surface area (Å²) in [6.45, 7) is 7.17. The van der Waals surface area contributed by atoms with Gasteiger partial charge in [-0.15, -0.1) is 0 Å². The van der Waals surface area contributed by atoms with Crippen molar-refractivity contribution in [3.8, 4) is 17.0 Å². The highest BCUT2D eigenvalue weighted by Gasteiger charge is 2.24. The molecule has 0 unspecified atom stereocenters. The number of aryl methyl sites for hydroxylation is 1. The average molecular weight is 567 g/mol. The van der Waals surface area contributed by atoms with E-state index in [0.717, 1.165) is 16.5 Å². The fraction of sp³-hybridized carbons (Fsp3) is 0.393. The van der Waals surface area contributed by atoms with Gasteiger partial charge < -0.3 is 14.8 Å². The molecular formula is C28H34N6O5S. The van der Waals surface area contributed by atoms with Crippen LogP contribution in [0.15, 0.2) is 48.9 Å². The van der Waals surface area contributed by atoms with Crippen molar-refractivity contribution in [2.45, 2.75) is 32.9 Å². The molecule has 4 aromatic rings. The summed E-state index contributed by atoms with van der Waals surface area (Å²) in [5, 5.41) is 8.35. The number of hydrogen-bond acceptors (Lipinski definition) is 9. The molecule has 0 amide bonds. The number of anilines is 2. The molecule has 1 aromatic carbocycles. The zero-order chi connectivity index (χ0) is 28.7. The molecule has 0 atom stereocenters. The number of ether oxygens (including phenoxy) is 2. The molecule has 40 heavy (non-hydrogen) atoms. The van der Waals surface area contributed by atoms with Crippen LogP contribution < -0.4 is 10.1 Å². The molecule has 1 fully saturated rings. The van der Waals surface area contributed by atoms with Gasteiger partial charge in [0.15, 0.2) is 9.84 Å². The molecule has 0 bridgehead atoms. The third-order valence-corrected chi connectivity index (χ3v) is 8.24. The number of sulfone groups is 1. The highest BCUT2D eigenvalue weighted by Crippen LogP contribution is 2.33. The maximum Gasteiger partial charge on any atom is 0.419 e.